The minimum Gasteiger partial charge on any atom is -0.444 e. The van der Waals surface area contributed by atoms with Gasteiger partial charge in [-0.15, -0.1) is 5.92 Å². The molecule has 0 atom stereocenters. The summed E-state index contributed by atoms with van der Waals surface area (Å²) in [6.07, 6.45) is 1.27. The first-order valence-electron chi connectivity index (χ1n) is 8.75. The first kappa shape index (κ1) is 19.6. The van der Waals surface area contributed by atoms with E-state index in [0.29, 0.717) is 32.7 Å². The molecule has 1 amide bonds. The van der Waals surface area contributed by atoms with Crippen LogP contribution in [-0.4, -0.2) is 66.3 Å². The minimum atomic E-state index is -0.486. The average Bonchev–Trinajstić information content (AvgIpc) is 2.60. The van der Waals surface area contributed by atoms with Crippen molar-refractivity contribution >= 4 is 23.4 Å². The van der Waals surface area contributed by atoms with Gasteiger partial charge in [0, 0.05) is 33.2 Å². The highest BCUT2D eigenvalue weighted by Crippen LogP contribution is 2.29. The first-order chi connectivity index (χ1) is 12.4. The fourth-order valence-electron chi connectivity index (χ4n) is 2.62. The Labute approximate surface area is 155 Å². The van der Waals surface area contributed by atoms with Crippen LogP contribution in [0.2, 0.25) is 0 Å². The zero-order valence-electron chi connectivity index (χ0n) is 16.2. The van der Waals surface area contributed by atoms with E-state index in [-0.39, 0.29) is 6.09 Å². The highest BCUT2D eigenvalue weighted by atomic mass is 16.6. The van der Waals surface area contributed by atoms with Crippen molar-refractivity contribution < 1.29 is 9.53 Å². The summed E-state index contributed by atoms with van der Waals surface area (Å²) in [6.45, 7) is 10.5. The summed E-state index contributed by atoms with van der Waals surface area (Å²) in [5.74, 6) is 7.39. The standard InChI is InChI=1S/C18H28N6O2/c1-6-7-8-20-14-15(19-5)21-13-22-16(14)23-9-11-24(12-10-23)17(25)26-18(2,3)4/h13,20H,8-12H2,1-5H3,(H,19,21,22). The Morgan fingerprint density at radius 2 is 1.96 bits per heavy atom. The third kappa shape index (κ3) is 5.15. The van der Waals surface area contributed by atoms with Crippen LogP contribution < -0.4 is 15.5 Å². The molecule has 2 rings (SSSR count). The molecule has 1 aromatic rings. The van der Waals surface area contributed by atoms with Crippen LogP contribution in [-0.2, 0) is 4.74 Å². The molecule has 1 aromatic heterocycles. The number of carbonyl (C=O) groups excluding carboxylic acids is 1. The molecule has 2 N–H and O–H groups in total. The first-order valence-corrected chi connectivity index (χ1v) is 8.75. The average molecular weight is 360 g/mol. The quantitative estimate of drug-likeness (QED) is 0.795. The van der Waals surface area contributed by atoms with E-state index in [1.54, 1.807) is 11.8 Å². The highest BCUT2D eigenvalue weighted by Gasteiger charge is 2.27. The number of piperazine rings is 1. The zero-order valence-corrected chi connectivity index (χ0v) is 16.2. The van der Waals surface area contributed by atoms with Gasteiger partial charge in [-0.1, -0.05) is 5.92 Å². The van der Waals surface area contributed by atoms with Crippen LogP contribution in [0, 0.1) is 11.8 Å². The summed E-state index contributed by atoms with van der Waals surface area (Å²) in [5.41, 5.74) is 0.337. The number of amides is 1. The van der Waals surface area contributed by atoms with Gasteiger partial charge < -0.3 is 25.2 Å². The zero-order chi connectivity index (χ0) is 19.2. The van der Waals surface area contributed by atoms with E-state index < -0.39 is 5.60 Å². The molecule has 0 spiro atoms. The summed E-state index contributed by atoms with van der Waals surface area (Å²) in [6, 6.07) is 0. The van der Waals surface area contributed by atoms with Gasteiger partial charge >= 0.3 is 6.09 Å². The molecule has 0 saturated carbocycles. The largest absolute Gasteiger partial charge is 0.444 e. The van der Waals surface area contributed by atoms with Crippen molar-refractivity contribution in [3.8, 4) is 11.8 Å². The lowest BCUT2D eigenvalue weighted by Gasteiger charge is -2.36. The molecular formula is C18H28N6O2. The van der Waals surface area contributed by atoms with Crippen molar-refractivity contribution in [3.05, 3.63) is 6.33 Å². The molecule has 0 aliphatic carbocycles. The molecule has 8 heteroatoms. The number of rotatable bonds is 4. The van der Waals surface area contributed by atoms with E-state index in [0.717, 1.165) is 17.3 Å². The van der Waals surface area contributed by atoms with Gasteiger partial charge in [-0.25, -0.2) is 14.8 Å². The molecule has 1 saturated heterocycles. The van der Waals surface area contributed by atoms with Gasteiger partial charge in [0.2, 0.25) is 0 Å². The molecule has 1 aliphatic rings. The van der Waals surface area contributed by atoms with Gasteiger partial charge in [0.05, 0.1) is 6.54 Å². The monoisotopic (exact) mass is 360 g/mol. The molecule has 2 heterocycles. The van der Waals surface area contributed by atoms with Crippen LogP contribution >= 0.6 is 0 Å². The Kier molecular flexibility index (Phi) is 6.50. The Balaban J connectivity index is 2.08. The van der Waals surface area contributed by atoms with Crippen molar-refractivity contribution in [2.24, 2.45) is 0 Å². The molecule has 0 aromatic carbocycles. The van der Waals surface area contributed by atoms with Gasteiger partial charge in [0.25, 0.3) is 0 Å². The topological polar surface area (TPSA) is 82.6 Å². The van der Waals surface area contributed by atoms with Crippen molar-refractivity contribution in [1.82, 2.24) is 14.9 Å². The second-order valence-electron chi connectivity index (χ2n) is 6.91. The van der Waals surface area contributed by atoms with E-state index in [2.05, 4.69) is 37.3 Å². The Hall–Kier alpha value is -2.69. The maximum Gasteiger partial charge on any atom is 0.410 e. The molecule has 142 valence electrons. The molecule has 8 nitrogen and oxygen atoms in total. The van der Waals surface area contributed by atoms with E-state index in [4.69, 9.17) is 4.74 Å². The number of aromatic nitrogens is 2. The lowest BCUT2D eigenvalue weighted by atomic mass is 10.2. The van der Waals surface area contributed by atoms with Gasteiger partial charge in [-0.2, -0.15) is 0 Å². The number of hydrogen-bond donors (Lipinski definition) is 2. The van der Waals surface area contributed by atoms with Crippen molar-refractivity contribution in [2.75, 3.05) is 55.3 Å². The second-order valence-corrected chi connectivity index (χ2v) is 6.91. The minimum absolute atomic E-state index is 0.271. The SMILES string of the molecule is CC#CCNc1c(NC)ncnc1N1CCN(C(=O)OC(C)(C)C)CC1. The number of hydrogen-bond acceptors (Lipinski definition) is 7. The summed E-state index contributed by atoms with van der Waals surface area (Å²) in [4.78, 5) is 24.8. The van der Waals surface area contributed by atoms with E-state index in [9.17, 15) is 4.79 Å². The van der Waals surface area contributed by atoms with Crippen LogP contribution in [0.5, 0.6) is 0 Å². The fourth-order valence-corrected chi connectivity index (χ4v) is 2.62. The predicted molar refractivity (Wildman–Crippen MR) is 104 cm³/mol. The summed E-state index contributed by atoms with van der Waals surface area (Å²) in [5, 5.41) is 6.37. The van der Waals surface area contributed by atoms with Crippen LogP contribution in [0.25, 0.3) is 0 Å². The normalized spacial score (nSPS) is 14.3. The highest BCUT2D eigenvalue weighted by molar-refractivity contribution is 5.78. The smallest absolute Gasteiger partial charge is 0.410 e. The fraction of sp³-hybridized carbons (Fsp3) is 0.611. The second kappa shape index (κ2) is 8.61. The Bertz CT molecular complexity index is 681. The third-order valence-electron chi connectivity index (χ3n) is 3.83. The number of anilines is 3. The molecule has 1 fully saturated rings. The Morgan fingerprint density at radius 3 is 2.54 bits per heavy atom. The van der Waals surface area contributed by atoms with Gasteiger partial charge in [0.15, 0.2) is 11.6 Å². The van der Waals surface area contributed by atoms with Crippen LogP contribution in [0.1, 0.15) is 27.7 Å². The number of nitrogens with zero attached hydrogens (tertiary/aromatic N) is 4. The molecule has 0 bridgehead atoms. The van der Waals surface area contributed by atoms with Gasteiger partial charge in [-0.3, -0.25) is 0 Å². The van der Waals surface area contributed by atoms with Crippen molar-refractivity contribution in [1.29, 1.82) is 0 Å². The van der Waals surface area contributed by atoms with Crippen LogP contribution in [0.15, 0.2) is 6.33 Å². The van der Waals surface area contributed by atoms with E-state index in [1.807, 2.05) is 27.8 Å². The lowest BCUT2D eigenvalue weighted by Crippen LogP contribution is -2.50. The molecule has 1 aliphatic heterocycles. The molecular weight excluding hydrogens is 332 g/mol. The summed E-state index contributed by atoms with van der Waals surface area (Å²) in [7, 11) is 1.82. The predicted octanol–water partition coefficient (Wildman–Crippen LogP) is 2.01. The summed E-state index contributed by atoms with van der Waals surface area (Å²) < 4.78 is 5.45. The van der Waals surface area contributed by atoms with E-state index >= 15 is 0 Å². The summed E-state index contributed by atoms with van der Waals surface area (Å²) >= 11 is 0. The molecule has 26 heavy (non-hydrogen) atoms. The van der Waals surface area contributed by atoms with Crippen molar-refractivity contribution in [3.63, 3.8) is 0 Å². The van der Waals surface area contributed by atoms with Crippen LogP contribution in [0.4, 0.5) is 22.1 Å². The van der Waals surface area contributed by atoms with E-state index in [1.165, 1.54) is 6.33 Å². The molecule has 0 radical (unpaired) electrons. The number of carbonyl (C=O) groups is 1. The third-order valence-corrected chi connectivity index (χ3v) is 3.83. The van der Waals surface area contributed by atoms with Gasteiger partial charge in [0.1, 0.15) is 17.6 Å². The molecule has 0 unspecified atom stereocenters. The van der Waals surface area contributed by atoms with Crippen molar-refractivity contribution in [2.45, 2.75) is 33.3 Å². The number of ether oxygens (including phenoxy) is 1. The van der Waals surface area contributed by atoms with Gasteiger partial charge in [-0.05, 0) is 27.7 Å². The van der Waals surface area contributed by atoms with Crippen LogP contribution in [0.3, 0.4) is 0 Å². The maximum atomic E-state index is 12.2. The lowest BCUT2D eigenvalue weighted by molar-refractivity contribution is 0.0240. The Morgan fingerprint density at radius 1 is 1.27 bits per heavy atom. The number of nitrogens with one attached hydrogen (secondary N) is 2. The maximum absolute atomic E-state index is 12.2.